The van der Waals surface area contributed by atoms with Gasteiger partial charge in [0.2, 0.25) is 0 Å². The molecule has 0 aliphatic heterocycles. The van der Waals surface area contributed by atoms with Gasteiger partial charge in [0.15, 0.2) is 6.21 Å². The molecule has 12 heteroatoms. The van der Waals surface area contributed by atoms with Crippen molar-refractivity contribution in [3.05, 3.63) is 18.2 Å². The molecule has 0 saturated heterocycles. The standard InChI is InChI=1S/C11H17F3N4O3S.ClH/c1-17-7-8-18(10(17)9-15-19)6-4-2-3-5-16-22(20,21)11(12,13)14;/h7-9,16H,2-6H2,1H3;1H. The van der Waals surface area contributed by atoms with E-state index in [2.05, 4.69) is 5.16 Å². The number of aryl methyl sites for hydroxylation is 2. The highest BCUT2D eigenvalue weighted by atomic mass is 35.5. The van der Waals surface area contributed by atoms with Crippen LogP contribution in [0.5, 0.6) is 0 Å². The van der Waals surface area contributed by atoms with Crippen LogP contribution in [0.4, 0.5) is 13.2 Å². The monoisotopic (exact) mass is 378 g/mol. The van der Waals surface area contributed by atoms with Crippen LogP contribution in [0.2, 0.25) is 0 Å². The van der Waals surface area contributed by atoms with Gasteiger partial charge in [-0.1, -0.05) is 5.16 Å². The van der Waals surface area contributed by atoms with Crippen molar-refractivity contribution < 1.29 is 43.8 Å². The maximum atomic E-state index is 12.1. The summed E-state index contributed by atoms with van der Waals surface area (Å²) in [6.07, 6.45) is 6.33. The van der Waals surface area contributed by atoms with Crippen LogP contribution in [0.3, 0.4) is 0 Å². The fourth-order valence-electron chi connectivity index (χ4n) is 1.81. The third-order valence-electron chi connectivity index (χ3n) is 2.97. The summed E-state index contributed by atoms with van der Waals surface area (Å²) < 4.78 is 62.8. The maximum Gasteiger partial charge on any atom is 0.511 e. The van der Waals surface area contributed by atoms with Crippen LogP contribution in [0.1, 0.15) is 25.1 Å². The summed E-state index contributed by atoms with van der Waals surface area (Å²) >= 11 is 0. The molecule has 1 rings (SSSR count). The molecule has 2 N–H and O–H groups in total. The highest BCUT2D eigenvalue weighted by Crippen LogP contribution is 2.21. The van der Waals surface area contributed by atoms with E-state index in [4.69, 9.17) is 5.21 Å². The third-order valence-corrected chi connectivity index (χ3v) is 4.17. The summed E-state index contributed by atoms with van der Waals surface area (Å²) in [6, 6.07) is 0. The number of aromatic nitrogens is 2. The Bertz CT molecular complexity index is 617. The van der Waals surface area contributed by atoms with E-state index in [-0.39, 0.29) is 19.0 Å². The lowest BCUT2D eigenvalue weighted by atomic mass is 10.2. The number of oxime groups is 1. The molecule has 0 atom stereocenters. The van der Waals surface area contributed by atoms with Gasteiger partial charge in [-0.2, -0.15) is 13.2 Å². The van der Waals surface area contributed by atoms with Crippen LogP contribution in [0.15, 0.2) is 17.5 Å². The second-order valence-electron chi connectivity index (χ2n) is 4.61. The molecular weight excluding hydrogens is 361 g/mol. The topological polar surface area (TPSA) is 87.6 Å². The van der Waals surface area contributed by atoms with Crippen molar-refractivity contribution in [2.75, 3.05) is 6.54 Å². The number of imidazole rings is 1. The van der Waals surface area contributed by atoms with Crippen molar-refractivity contribution in [3.8, 4) is 0 Å². The van der Waals surface area contributed by atoms with Crippen LogP contribution in [-0.2, 0) is 23.6 Å². The van der Waals surface area contributed by atoms with Gasteiger partial charge in [0.1, 0.15) is 12.4 Å². The highest BCUT2D eigenvalue weighted by Gasteiger charge is 2.45. The molecule has 7 nitrogen and oxygen atoms in total. The van der Waals surface area contributed by atoms with Gasteiger partial charge in [-0.15, -0.1) is 0 Å². The molecule has 0 saturated carbocycles. The molecular formula is C11H18ClF3N4O3S. The molecule has 0 aromatic carbocycles. The molecule has 0 unspecified atom stereocenters. The summed E-state index contributed by atoms with van der Waals surface area (Å²) in [5.74, 6) is 0.667. The lowest BCUT2D eigenvalue weighted by molar-refractivity contribution is -0.671. The number of hydrogen-bond acceptors (Lipinski definition) is 4. The second-order valence-corrected chi connectivity index (χ2v) is 6.37. The molecule has 0 amide bonds. The number of alkyl halides is 3. The fraction of sp³-hybridized carbons (Fsp3) is 0.636. The molecule has 0 bridgehead atoms. The van der Waals surface area contributed by atoms with Crippen LogP contribution in [0.25, 0.3) is 0 Å². The minimum absolute atomic E-state index is 0. The highest BCUT2D eigenvalue weighted by molar-refractivity contribution is 7.90. The van der Waals surface area contributed by atoms with E-state index in [1.165, 1.54) is 10.9 Å². The summed E-state index contributed by atoms with van der Waals surface area (Å²) in [5.41, 5.74) is -5.27. The quantitative estimate of drug-likeness (QED) is 0.176. The van der Waals surface area contributed by atoms with Crippen molar-refractivity contribution in [3.63, 3.8) is 0 Å². The Morgan fingerprint density at radius 2 is 2.04 bits per heavy atom. The first-order valence-corrected chi connectivity index (χ1v) is 7.95. The number of nitrogens with zero attached hydrogens (tertiary/aromatic N) is 3. The largest absolute Gasteiger partial charge is 1.00 e. The van der Waals surface area contributed by atoms with Gasteiger partial charge in [-0.3, -0.25) is 0 Å². The maximum absolute atomic E-state index is 12.1. The van der Waals surface area contributed by atoms with Gasteiger partial charge < -0.3 is 17.6 Å². The van der Waals surface area contributed by atoms with E-state index in [0.717, 1.165) is 0 Å². The van der Waals surface area contributed by atoms with E-state index in [1.54, 1.807) is 24.0 Å². The Balaban J connectivity index is 0.00000484. The van der Waals surface area contributed by atoms with Gasteiger partial charge in [-0.25, -0.2) is 22.3 Å². The van der Waals surface area contributed by atoms with E-state index < -0.39 is 15.5 Å². The summed E-state index contributed by atoms with van der Waals surface area (Å²) in [6.45, 7) is 0.320. The van der Waals surface area contributed by atoms with Gasteiger partial charge in [-0.05, 0) is 19.3 Å². The Morgan fingerprint density at radius 3 is 2.61 bits per heavy atom. The van der Waals surface area contributed by atoms with Crippen molar-refractivity contribution in [2.24, 2.45) is 12.2 Å². The molecule has 0 fully saturated rings. The number of hydrogen-bond donors (Lipinski definition) is 2. The van der Waals surface area contributed by atoms with Crippen LogP contribution < -0.4 is 21.7 Å². The number of halogens is 4. The molecule has 0 aliphatic carbocycles. The average molecular weight is 379 g/mol. The van der Waals surface area contributed by atoms with E-state index in [9.17, 15) is 21.6 Å². The molecule has 1 aromatic rings. The van der Waals surface area contributed by atoms with Gasteiger partial charge in [0.05, 0.1) is 13.6 Å². The molecule has 134 valence electrons. The molecule has 23 heavy (non-hydrogen) atoms. The molecule has 0 radical (unpaired) electrons. The van der Waals surface area contributed by atoms with E-state index in [0.29, 0.717) is 31.6 Å². The summed E-state index contributed by atoms with van der Waals surface area (Å²) in [7, 11) is -3.47. The van der Waals surface area contributed by atoms with Crippen LogP contribution in [0, 0.1) is 0 Å². The summed E-state index contributed by atoms with van der Waals surface area (Å²) in [4.78, 5) is 0. The smallest absolute Gasteiger partial charge is 0.511 e. The van der Waals surface area contributed by atoms with Gasteiger partial charge >= 0.3 is 21.4 Å². The molecule has 0 aliphatic rings. The number of sulfonamides is 1. The lowest BCUT2D eigenvalue weighted by Gasteiger charge is -2.08. The first-order valence-electron chi connectivity index (χ1n) is 6.47. The van der Waals surface area contributed by atoms with Crippen molar-refractivity contribution in [2.45, 2.75) is 31.3 Å². The minimum atomic E-state index is -5.27. The SMILES string of the molecule is C[n+]1ccn(CCCCCNS(=O)(=O)C(F)(F)F)c1/C=N/O.[Cl-]. The zero-order chi connectivity index (χ0) is 16.8. The van der Waals surface area contributed by atoms with E-state index >= 15 is 0 Å². The third kappa shape index (κ3) is 6.36. The Labute approximate surface area is 138 Å². The number of unbranched alkanes of at least 4 members (excludes halogenated alkanes) is 2. The Morgan fingerprint density at radius 1 is 1.39 bits per heavy atom. The van der Waals surface area contributed by atoms with Crippen molar-refractivity contribution in [1.29, 1.82) is 0 Å². The lowest BCUT2D eigenvalue weighted by Crippen LogP contribution is -3.00. The number of nitrogens with one attached hydrogen (secondary N) is 1. The predicted molar refractivity (Wildman–Crippen MR) is 71.8 cm³/mol. The fourth-order valence-corrected chi connectivity index (χ4v) is 2.39. The number of rotatable bonds is 8. The summed E-state index contributed by atoms with van der Waals surface area (Å²) in [5, 5.41) is 11.5. The molecule has 0 spiro atoms. The minimum Gasteiger partial charge on any atom is -1.00 e. The first-order chi connectivity index (χ1) is 10.2. The van der Waals surface area contributed by atoms with Crippen molar-refractivity contribution >= 4 is 16.2 Å². The zero-order valence-corrected chi connectivity index (χ0v) is 13.9. The Hall–Kier alpha value is -1.33. The van der Waals surface area contributed by atoms with Gasteiger partial charge in [0, 0.05) is 6.54 Å². The predicted octanol–water partition coefficient (Wildman–Crippen LogP) is -2.27. The molecule has 1 aromatic heterocycles. The van der Waals surface area contributed by atoms with E-state index in [1.807, 2.05) is 4.57 Å². The normalized spacial score (nSPS) is 12.5. The molecule has 1 heterocycles. The Kier molecular flexibility index (Phi) is 8.56. The first kappa shape index (κ1) is 21.7. The second kappa shape index (κ2) is 9.08. The average Bonchev–Trinajstić information content (AvgIpc) is 2.74. The van der Waals surface area contributed by atoms with Gasteiger partial charge in [0.25, 0.3) is 0 Å². The van der Waals surface area contributed by atoms with Crippen LogP contribution >= 0.6 is 0 Å². The zero-order valence-electron chi connectivity index (χ0n) is 12.3. The van der Waals surface area contributed by atoms with Crippen LogP contribution in [-0.4, -0.2) is 36.5 Å². The van der Waals surface area contributed by atoms with Crippen molar-refractivity contribution in [1.82, 2.24) is 9.29 Å².